The lowest BCUT2D eigenvalue weighted by molar-refractivity contribution is -0.142. The Morgan fingerprint density at radius 3 is 2.52 bits per heavy atom. The van der Waals surface area contributed by atoms with Crippen molar-refractivity contribution in [3.8, 4) is 0 Å². The van der Waals surface area contributed by atoms with Gasteiger partial charge in [0.1, 0.15) is 23.9 Å². The number of aliphatic hydroxyl groups is 1. The number of amides is 5. The Morgan fingerprint density at radius 1 is 0.979 bits per heavy atom. The van der Waals surface area contributed by atoms with Crippen LogP contribution in [0.2, 0.25) is 0 Å². The highest BCUT2D eigenvalue weighted by Gasteiger charge is 2.43. The first kappa shape index (κ1) is 32.4. The molecule has 0 saturated carbocycles. The average molecular weight is 656 g/mol. The smallest absolute Gasteiger partial charge is 0.276 e. The second-order valence-electron chi connectivity index (χ2n) is 12.1. The fourth-order valence-corrected chi connectivity index (χ4v) is 6.32. The highest BCUT2D eigenvalue weighted by atomic mass is 16.3. The molecule has 0 radical (unpaired) electrons. The number of nitrogens with one attached hydrogen (secondary N) is 4. The van der Waals surface area contributed by atoms with Crippen molar-refractivity contribution in [3.05, 3.63) is 89.8 Å². The van der Waals surface area contributed by atoms with Crippen LogP contribution in [0.5, 0.6) is 0 Å². The van der Waals surface area contributed by atoms with Crippen molar-refractivity contribution in [3.63, 3.8) is 0 Å². The molecule has 4 atom stereocenters. The number of aryl methyl sites for hydroxylation is 1. The topological polar surface area (TPSA) is 190 Å². The summed E-state index contributed by atoms with van der Waals surface area (Å²) in [6, 6.07) is 13.4. The van der Waals surface area contributed by atoms with Crippen molar-refractivity contribution in [1.82, 2.24) is 35.7 Å². The summed E-state index contributed by atoms with van der Waals surface area (Å²) in [6.07, 6.45) is 2.09. The summed E-state index contributed by atoms with van der Waals surface area (Å²) in [6.45, 7) is 0.877. The van der Waals surface area contributed by atoms with Gasteiger partial charge in [-0.05, 0) is 24.1 Å². The Morgan fingerprint density at radius 2 is 1.75 bits per heavy atom. The molecule has 0 bridgehead atoms. The van der Waals surface area contributed by atoms with Crippen LogP contribution in [-0.4, -0.2) is 105 Å². The second kappa shape index (κ2) is 14.1. The van der Waals surface area contributed by atoms with Crippen LogP contribution in [0, 0.1) is 6.92 Å². The zero-order valence-corrected chi connectivity index (χ0v) is 26.3. The summed E-state index contributed by atoms with van der Waals surface area (Å²) in [5.74, 6) is -2.64. The number of aromatic amines is 1. The van der Waals surface area contributed by atoms with E-state index in [1.807, 2.05) is 54.6 Å². The molecule has 14 heteroatoms. The number of carbonyl (C=O) groups is 5. The highest BCUT2D eigenvalue weighted by Crippen LogP contribution is 2.24. The van der Waals surface area contributed by atoms with Gasteiger partial charge in [0.2, 0.25) is 23.6 Å². The molecule has 0 unspecified atom stereocenters. The summed E-state index contributed by atoms with van der Waals surface area (Å²) in [7, 11) is 0. The van der Waals surface area contributed by atoms with Crippen molar-refractivity contribution < 1.29 is 33.5 Å². The number of H-pyrrole nitrogens is 1. The number of carbonyl (C=O) groups excluding carboxylic acids is 5. The Labute approximate surface area is 275 Å². The molecular weight excluding hydrogens is 618 g/mol. The SMILES string of the molecule is Cc1ocnc1C(=O)N1CCNC(=O)[C@H](Cc2ccccc2)NC(=O)[C@@H]2C[C@@H](O)CN2C(=O)[C@@H](Cc2c[nH]c3ccccc23)NC(=O)C1. The molecule has 2 aromatic carbocycles. The van der Waals surface area contributed by atoms with E-state index in [-0.39, 0.29) is 50.4 Å². The van der Waals surface area contributed by atoms with Crippen molar-refractivity contribution in [1.29, 1.82) is 0 Å². The number of oxazole rings is 1. The van der Waals surface area contributed by atoms with E-state index in [2.05, 4.69) is 25.9 Å². The Balaban J connectivity index is 1.35. The van der Waals surface area contributed by atoms with E-state index in [9.17, 15) is 29.1 Å². The minimum absolute atomic E-state index is 0.0153. The number of aliphatic hydroxyl groups excluding tert-OH is 1. The molecular formula is C34H37N7O7. The minimum Gasteiger partial charge on any atom is -0.448 e. The van der Waals surface area contributed by atoms with Gasteiger partial charge in [0.05, 0.1) is 12.6 Å². The number of benzene rings is 2. The van der Waals surface area contributed by atoms with Crippen LogP contribution in [0.1, 0.15) is 33.8 Å². The van der Waals surface area contributed by atoms with Crippen LogP contribution in [-0.2, 0) is 32.0 Å². The van der Waals surface area contributed by atoms with Gasteiger partial charge >= 0.3 is 0 Å². The average Bonchev–Trinajstić information content (AvgIpc) is 3.81. The molecule has 2 aliphatic rings. The zero-order chi connectivity index (χ0) is 33.8. The van der Waals surface area contributed by atoms with Crippen molar-refractivity contribution in [2.75, 3.05) is 26.2 Å². The van der Waals surface area contributed by atoms with Crippen molar-refractivity contribution in [2.24, 2.45) is 0 Å². The van der Waals surface area contributed by atoms with E-state index < -0.39 is 60.3 Å². The van der Waals surface area contributed by atoms with E-state index in [1.54, 1.807) is 13.1 Å². The van der Waals surface area contributed by atoms with Gasteiger partial charge in [0.15, 0.2) is 12.1 Å². The third kappa shape index (κ3) is 7.08. The van der Waals surface area contributed by atoms with Gasteiger partial charge in [0.25, 0.3) is 5.91 Å². The molecule has 2 aromatic heterocycles. The van der Waals surface area contributed by atoms with Gasteiger partial charge in [-0.2, -0.15) is 0 Å². The Hall–Kier alpha value is -5.50. The first-order valence-corrected chi connectivity index (χ1v) is 15.8. The van der Waals surface area contributed by atoms with Crippen LogP contribution in [0.3, 0.4) is 0 Å². The monoisotopic (exact) mass is 655 g/mol. The number of para-hydroxylation sites is 1. The van der Waals surface area contributed by atoms with E-state index in [1.165, 1.54) is 9.80 Å². The number of hydrogen-bond acceptors (Lipinski definition) is 8. The van der Waals surface area contributed by atoms with Gasteiger partial charge in [0, 0.05) is 56.0 Å². The van der Waals surface area contributed by atoms with Gasteiger partial charge < -0.3 is 40.3 Å². The van der Waals surface area contributed by atoms with Gasteiger partial charge in [-0.25, -0.2) is 4.98 Å². The standard InChI is InChI=1S/C34H37N7O7/c1-20-30(37-19-48-20)34(47)40-12-11-35-31(44)26(13-21-7-3-2-4-8-21)39-32(45)28-15-23(42)17-41(28)33(46)27(38-29(43)18-40)14-22-16-36-25-10-6-5-9-24(22)25/h2-10,16,19,23,26-28,36,42H,11-15,17-18H2,1H3,(H,35,44)(H,38,43)(H,39,45)/t23-,26+,27-,28+/m1/s1. The largest absolute Gasteiger partial charge is 0.448 e. The molecule has 2 saturated heterocycles. The molecule has 0 aliphatic carbocycles. The maximum atomic E-state index is 14.3. The number of hydrogen-bond donors (Lipinski definition) is 5. The van der Waals surface area contributed by atoms with Crippen LogP contribution < -0.4 is 16.0 Å². The molecule has 4 heterocycles. The van der Waals surface area contributed by atoms with Crippen LogP contribution in [0.4, 0.5) is 0 Å². The molecule has 250 valence electrons. The lowest BCUT2D eigenvalue weighted by Crippen LogP contribution is -2.57. The predicted octanol–water partition coefficient (Wildman–Crippen LogP) is 0.453. The number of aromatic nitrogens is 2. The summed E-state index contributed by atoms with van der Waals surface area (Å²) in [5, 5.41) is 19.9. The van der Waals surface area contributed by atoms with Gasteiger partial charge in [-0.1, -0.05) is 48.5 Å². The Bertz CT molecular complexity index is 1820. The Kier molecular flexibility index (Phi) is 9.52. The van der Waals surface area contributed by atoms with Crippen LogP contribution in [0.25, 0.3) is 10.9 Å². The first-order valence-electron chi connectivity index (χ1n) is 15.8. The molecule has 5 N–H and O–H groups in total. The number of rotatable bonds is 5. The lowest BCUT2D eigenvalue weighted by atomic mass is 10.0. The zero-order valence-electron chi connectivity index (χ0n) is 26.3. The van der Waals surface area contributed by atoms with Crippen LogP contribution >= 0.6 is 0 Å². The maximum absolute atomic E-state index is 14.3. The molecule has 2 aliphatic heterocycles. The van der Waals surface area contributed by atoms with Gasteiger partial charge in [-0.3, -0.25) is 24.0 Å². The minimum atomic E-state index is -1.15. The lowest BCUT2D eigenvalue weighted by Gasteiger charge is -2.30. The summed E-state index contributed by atoms with van der Waals surface area (Å²) in [5.41, 5.74) is 2.41. The van der Waals surface area contributed by atoms with Crippen LogP contribution in [0.15, 0.2) is 71.6 Å². The normalized spacial score (nSPS) is 22.8. The molecule has 2 fully saturated rings. The summed E-state index contributed by atoms with van der Waals surface area (Å²) >= 11 is 0. The molecule has 4 aromatic rings. The molecule has 5 amide bonds. The highest BCUT2D eigenvalue weighted by molar-refractivity contribution is 5.98. The van der Waals surface area contributed by atoms with Gasteiger partial charge in [-0.15, -0.1) is 0 Å². The second-order valence-corrected chi connectivity index (χ2v) is 12.1. The quantitative estimate of drug-likeness (QED) is 0.205. The first-order chi connectivity index (χ1) is 23.2. The summed E-state index contributed by atoms with van der Waals surface area (Å²) in [4.78, 5) is 78.4. The van der Waals surface area contributed by atoms with E-state index >= 15 is 0 Å². The predicted molar refractivity (Wildman–Crippen MR) is 172 cm³/mol. The van der Waals surface area contributed by atoms with Crippen molar-refractivity contribution in [2.45, 2.75) is 50.4 Å². The third-order valence-electron chi connectivity index (χ3n) is 8.76. The molecule has 0 spiro atoms. The molecule has 48 heavy (non-hydrogen) atoms. The molecule has 6 rings (SSSR count). The van der Waals surface area contributed by atoms with E-state index in [0.717, 1.165) is 28.4 Å². The maximum Gasteiger partial charge on any atom is 0.276 e. The van der Waals surface area contributed by atoms with Crippen molar-refractivity contribution >= 4 is 40.4 Å². The number of nitrogens with zero attached hydrogens (tertiary/aromatic N) is 3. The summed E-state index contributed by atoms with van der Waals surface area (Å²) < 4.78 is 5.21. The third-order valence-corrected chi connectivity index (χ3v) is 8.76. The fraction of sp³-hybridized carbons (Fsp3) is 0.353. The van der Waals surface area contributed by atoms with E-state index in [0.29, 0.717) is 0 Å². The number of fused-ring (bicyclic) bond motifs is 2. The molecule has 14 nitrogen and oxygen atoms in total. The van der Waals surface area contributed by atoms with E-state index in [4.69, 9.17) is 4.42 Å². The fourth-order valence-electron chi connectivity index (χ4n) is 6.32.